The van der Waals surface area contributed by atoms with Crippen molar-refractivity contribution in [3.05, 3.63) is 107 Å². The van der Waals surface area contributed by atoms with Crippen LogP contribution in [0.5, 0.6) is 5.75 Å². The molecule has 1 N–H and O–H groups in total. The minimum atomic E-state index is -0.170. The van der Waals surface area contributed by atoms with Crippen molar-refractivity contribution in [3.63, 3.8) is 0 Å². The largest absolute Gasteiger partial charge is 0.489 e. The van der Waals surface area contributed by atoms with Gasteiger partial charge in [-0.3, -0.25) is 9.78 Å². The molecule has 4 rings (SSSR count). The number of nitrogens with one attached hydrogen (secondary N) is 1. The summed E-state index contributed by atoms with van der Waals surface area (Å²) in [6.07, 6.45) is 5.04. The third kappa shape index (κ3) is 6.10. The van der Waals surface area contributed by atoms with Crippen LogP contribution >= 0.6 is 11.3 Å². The lowest BCUT2D eigenvalue weighted by atomic mass is 10.2. The van der Waals surface area contributed by atoms with Crippen LogP contribution in [0.25, 0.3) is 16.8 Å². The van der Waals surface area contributed by atoms with Gasteiger partial charge in [0, 0.05) is 17.7 Å². The second-order valence-electron chi connectivity index (χ2n) is 6.75. The van der Waals surface area contributed by atoms with Gasteiger partial charge < -0.3 is 10.1 Å². The number of hydrogen-bond donors (Lipinski definition) is 1. The summed E-state index contributed by atoms with van der Waals surface area (Å²) in [5.74, 6) is 0.620. The van der Waals surface area contributed by atoms with Gasteiger partial charge in [0.05, 0.1) is 17.9 Å². The summed E-state index contributed by atoms with van der Waals surface area (Å²) in [6, 6.07) is 23.4. The average Bonchev–Trinajstić information content (AvgIpc) is 3.31. The second-order valence-corrected chi connectivity index (χ2v) is 7.61. The quantitative estimate of drug-likeness (QED) is 0.397. The number of thiazole rings is 1. The van der Waals surface area contributed by atoms with Gasteiger partial charge in [-0.2, -0.15) is 0 Å². The van der Waals surface area contributed by atoms with E-state index in [1.807, 2.05) is 78.2 Å². The molecule has 6 heteroatoms. The Kier molecular flexibility index (Phi) is 6.82. The molecule has 0 aliphatic heterocycles. The van der Waals surface area contributed by atoms with Crippen LogP contribution in [0.15, 0.2) is 90.4 Å². The van der Waals surface area contributed by atoms with Crippen LogP contribution < -0.4 is 10.1 Å². The summed E-state index contributed by atoms with van der Waals surface area (Å²) in [5.41, 5.74) is 3.69. The zero-order valence-corrected chi connectivity index (χ0v) is 17.6. The molecule has 5 nitrogen and oxygen atoms in total. The molecule has 1 amide bonds. The zero-order chi connectivity index (χ0) is 21.3. The molecule has 31 heavy (non-hydrogen) atoms. The predicted molar refractivity (Wildman–Crippen MR) is 123 cm³/mol. The fourth-order valence-corrected chi connectivity index (χ4v) is 3.61. The maximum absolute atomic E-state index is 12.1. The Balaban J connectivity index is 1.25. The Labute approximate surface area is 185 Å². The van der Waals surface area contributed by atoms with Crippen LogP contribution in [-0.4, -0.2) is 15.9 Å². The van der Waals surface area contributed by atoms with Gasteiger partial charge >= 0.3 is 0 Å². The van der Waals surface area contributed by atoms with Crippen LogP contribution in [0.2, 0.25) is 0 Å². The molecule has 0 aliphatic carbocycles. The standard InChI is InChI=1S/C25H21N3O2S/c29-24(27-16-21-18-31-25(28-21)23-8-4-5-15-26-23)14-11-19-9-12-22(13-10-19)30-17-20-6-2-1-3-7-20/h1-15,18H,16-17H2,(H,27,29)/b14-11+. The first-order valence-corrected chi connectivity index (χ1v) is 10.7. The van der Waals surface area contributed by atoms with E-state index in [2.05, 4.69) is 15.3 Å². The molecular formula is C25H21N3O2S. The Hall–Kier alpha value is -3.77. The van der Waals surface area contributed by atoms with E-state index >= 15 is 0 Å². The number of carbonyl (C=O) groups excluding carboxylic acids is 1. The minimum absolute atomic E-state index is 0.170. The van der Waals surface area contributed by atoms with Crippen LogP contribution in [0.1, 0.15) is 16.8 Å². The SMILES string of the molecule is O=C(/C=C/c1ccc(OCc2ccccc2)cc1)NCc1csc(-c2ccccn2)n1. The van der Waals surface area contributed by atoms with Crippen molar-refractivity contribution in [1.82, 2.24) is 15.3 Å². The van der Waals surface area contributed by atoms with Gasteiger partial charge in [-0.15, -0.1) is 11.3 Å². The number of rotatable bonds is 8. The molecule has 0 bridgehead atoms. The van der Waals surface area contributed by atoms with Gasteiger partial charge in [-0.1, -0.05) is 48.5 Å². The maximum atomic E-state index is 12.1. The van der Waals surface area contributed by atoms with E-state index in [0.29, 0.717) is 13.2 Å². The molecule has 154 valence electrons. The zero-order valence-electron chi connectivity index (χ0n) is 16.8. The third-order valence-corrected chi connectivity index (χ3v) is 5.35. The van der Waals surface area contributed by atoms with E-state index in [1.165, 1.54) is 17.4 Å². The van der Waals surface area contributed by atoms with E-state index in [0.717, 1.165) is 33.3 Å². The van der Waals surface area contributed by atoms with Gasteiger partial charge in [0.15, 0.2) is 0 Å². The van der Waals surface area contributed by atoms with E-state index in [4.69, 9.17) is 4.74 Å². The summed E-state index contributed by atoms with van der Waals surface area (Å²) in [4.78, 5) is 21.0. The van der Waals surface area contributed by atoms with Crippen LogP contribution in [0.4, 0.5) is 0 Å². The number of ether oxygens (including phenoxy) is 1. The van der Waals surface area contributed by atoms with Crippen LogP contribution in [-0.2, 0) is 17.9 Å². The van der Waals surface area contributed by atoms with Gasteiger partial charge in [0.2, 0.25) is 5.91 Å². The summed E-state index contributed by atoms with van der Waals surface area (Å²) < 4.78 is 5.78. The van der Waals surface area contributed by atoms with Crippen molar-refractivity contribution in [1.29, 1.82) is 0 Å². The summed E-state index contributed by atoms with van der Waals surface area (Å²) >= 11 is 1.51. The minimum Gasteiger partial charge on any atom is -0.489 e. The number of hydrogen-bond acceptors (Lipinski definition) is 5. The first-order valence-electron chi connectivity index (χ1n) is 9.85. The van der Waals surface area contributed by atoms with E-state index in [9.17, 15) is 4.79 Å². The van der Waals surface area contributed by atoms with Gasteiger partial charge in [-0.25, -0.2) is 4.98 Å². The van der Waals surface area contributed by atoms with Crippen molar-refractivity contribution in [3.8, 4) is 16.5 Å². The molecule has 0 saturated carbocycles. The van der Waals surface area contributed by atoms with E-state index in [1.54, 1.807) is 12.3 Å². The van der Waals surface area contributed by atoms with Gasteiger partial charge in [0.25, 0.3) is 0 Å². The number of carbonyl (C=O) groups is 1. The molecule has 0 saturated heterocycles. The monoisotopic (exact) mass is 427 g/mol. The third-order valence-electron chi connectivity index (χ3n) is 4.44. The molecular weight excluding hydrogens is 406 g/mol. The van der Waals surface area contributed by atoms with Crippen molar-refractivity contribution >= 4 is 23.3 Å². The molecule has 2 heterocycles. The van der Waals surface area contributed by atoms with Crippen molar-refractivity contribution in [2.24, 2.45) is 0 Å². The van der Waals surface area contributed by atoms with Crippen molar-refractivity contribution in [2.75, 3.05) is 0 Å². The predicted octanol–water partition coefficient (Wildman–Crippen LogP) is 5.11. The number of benzene rings is 2. The average molecular weight is 428 g/mol. The fourth-order valence-electron chi connectivity index (χ4n) is 2.82. The number of amides is 1. The topological polar surface area (TPSA) is 64.1 Å². The van der Waals surface area contributed by atoms with E-state index < -0.39 is 0 Å². The first kappa shape index (κ1) is 20.5. The second kappa shape index (κ2) is 10.3. The maximum Gasteiger partial charge on any atom is 0.244 e. The Morgan fingerprint density at radius 2 is 1.81 bits per heavy atom. The molecule has 0 fully saturated rings. The van der Waals surface area contributed by atoms with Gasteiger partial charge in [0.1, 0.15) is 17.4 Å². The highest BCUT2D eigenvalue weighted by Gasteiger charge is 2.06. The lowest BCUT2D eigenvalue weighted by molar-refractivity contribution is -0.116. The smallest absolute Gasteiger partial charge is 0.244 e. The molecule has 2 aromatic heterocycles. The lowest BCUT2D eigenvalue weighted by Crippen LogP contribution is -2.20. The van der Waals surface area contributed by atoms with Crippen molar-refractivity contribution < 1.29 is 9.53 Å². The molecule has 0 spiro atoms. The van der Waals surface area contributed by atoms with Crippen molar-refractivity contribution in [2.45, 2.75) is 13.2 Å². The van der Waals surface area contributed by atoms with Gasteiger partial charge in [-0.05, 0) is 41.5 Å². The highest BCUT2D eigenvalue weighted by Crippen LogP contribution is 2.21. The summed E-state index contributed by atoms with van der Waals surface area (Å²) in [7, 11) is 0. The highest BCUT2D eigenvalue weighted by molar-refractivity contribution is 7.13. The van der Waals surface area contributed by atoms with Crippen LogP contribution in [0.3, 0.4) is 0 Å². The number of aromatic nitrogens is 2. The molecule has 0 unspecified atom stereocenters. The summed E-state index contributed by atoms with van der Waals surface area (Å²) in [5, 5.41) is 5.63. The number of pyridine rings is 1. The molecule has 0 radical (unpaired) electrons. The molecule has 4 aromatic rings. The molecule has 2 aromatic carbocycles. The first-order chi connectivity index (χ1) is 15.3. The highest BCUT2D eigenvalue weighted by atomic mass is 32.1. The molecule has 0 aliphatic rings. The normalized spacial score (nSPS) is 10.8. The summed E-state index contributed by atoms with van der Waals surface area (Å²) in [6.45, 7) is 0.899. The Bertz CT molecular complexity index is 1140. The Morgan fingerprint density at radius 3 is 2.58 bits per heavy atom. The fraction of sp³-hybridized carbons (Fsp3) is 0.0800. The lowest BCUT2D eigenvalue weighted by Gasteiger charge is -2.06. The van der Waals surface area contributed by atoms with Crippen LogP contribution in [0, 0.1) is 0 Å². The molecule has 0 atom stereocenters. The number of nitrogens with zero attached hydrogens (tertiary/aromatic N) is 2. The Morgan fingerprint density at radius 1 is 1.00 bits per heavy atom. The van der Waals surface area contributed by atoms with E-state index in [-0.39, 0.29) is 5.91 Å².